The van der Waals surface area contributed by atoms with E-state index in [1.165, 1.54) is 0 Å². The van der Waals surface area contributed by atoms with Gasteiger partial charge in [0.1, 0.15) is 0 Å². The minimum absolute atomic E-state index is 0.324. The van der Waals surface area contributed by atoms with E-state index in [0.717, 1.165) is 11.1 Å². The highest BCUT2D eigenvalue weighted by Crippen LogP contribution is 2.02. The SMILES string of the molecule is Cc1ccc(CNC(=O)NC[C@H](O)C(=O)O)cc1. The van der Waals surface area contributed by atoms with Crippen LogP contribution in [0.2, 0.25) is 0 Å². The Kier molecular flexibility index (Phi) is 5.13. The van der Waals surface area contributed by atoms with Crippen molar-refractivity contribution < 1.29 is 19.8 Å². The Hall–Kier alpha value is -2.08. The maximum Gasteiger partial charge on any atom is 0.334 e. The number of amides is 2. The van der Waals surface area contributed by atoms with Crippen molar-refractivity contribution in [3.05, 3.63) is 35.4 Å². The summed E-state index contributed by atoms with van der Waals surface area (Å²) < 4.78 is 0. The molecule has 0 aliphatic heterocycles. The van der Waals surface area contributed by atoms with Gasteiger partial charge in [-0.3, -0.25) is 0 Å². The molecule has 0 fully saturated rings. The van der Waals surface area contributed by atoms with Crippen molar-refractivity contribution in [2.45, 2.75) is 19.6 Å². The summed E-state index contributed by atoms with van der Waals surface area (Å²) in [6.45, 7) is 1.99. The second kappa shape index (κ2) is 6.61. The van der Waals surface area contributed by atoms with Crippen LogP contribution in [0.5, 0.6) is 0 Å². The zero-order valence-electron chi connectivity index (χ0n) is 10.0. The van der Waals surface area contributed by atoms with Crippen LogP contribution in [0.25, 0.3) is 0 Å². The summed E-state index contributed by atoms with van der Waals surface area (Å²) in [6.07, 6.45) is -1.59. The molecule has 6 heteroatoms. The summed E-state index contributed by atoms with van der Waals surface area (Å²) in [5.74, 6) is -1.37. The van der Waals surface area contributed by atoms with E-state index in [-0.39, 0.29) is 6.54 Å². The van der Waals surface area contributed by atoms with E-state index in [1.54, 1.807) is 0 Å². The fourth-order valence-corrected chi connectivity index (χ4v) is 1.23. The number of carboxylic acids is 1. The van der Waals surface area contributed by atoms with Crippen LogP contribution in [-0.4, -0.2) is 34.9 Å². The Morgan fingerprint density at radius 2 is 1.83 bits per heavy atom. The van der Waals surface area contributed by atoms with Gasteiger partial charge in [0.15, 0.2) is 6.10 Å². The van der Waals surface area contributed by atoms with Gasteiger partial charge < -0.3 is 20.8 Å². The van der Waals surface area contributed by atoms with Crippen LogP contribution in [0, 0.1) is 6.92 Å². The van der Waals surface area contributed by atoms with Crippen molar-refractivity contribution in [2.24, 2.45) is 0 Å². The largest absolute Gasteiger partial charge is 0.479 e. The van der Waals surface area contributed by atoms with Gasteiger partial charge in [0.2, 0.25) is 0 Å². The van der Waals surface area contributed by atoms with Gasteiger partial charge in [0, 0.05) is 6.54 Å². The van der Waals surface area contributed by atoms with E-state index in [4.69, 9.17) is 10.2 Å². The third-order valence-electron chi connectivity index (χ3n) is 2.31. The molecule has 1 atom stereocenters. The number of hydrogen-bond donors (Lipinski definition) is 4. The van der Waals surface area contributed by atoms with Gasteiger partial charge in [0.05, 0.1) is 6.54 Å². The molecule has 1 rings (SSSR count). The van der Waals surface area contributed by atoms with Crippen LogP contribution < -0.4 is 10.6 Å². The lowest BCUT2D eigenvalue weighted by atomic mass is 10.1. The maximum absolute atomic E-state index is 11.3. The molecular formula is C12H16N2O4. The summed E-state index contributed by atoms with van der Waals surface area (Å²) in [7, 11) is 0. The normalized spacial score (nSPS) is 11.7. The Balaban J connectivity index is 2.29. The first-order valence-corrected chi connectivity index (χ1v) is 5.47. The number of aryl methyl sites for hydroxylation is 1. The smallest absolute Gasteiger partial charge is 0.334 e. The highest BCUT2D eigenvalue weighted by atomic mass is 16.4. The molecule has 0 aliphatic rings. The third kappa shape index (κ3) is 4.84. The number of rotatable bonds is 5. The third-order valence-corrected chi connectivity index (χ3v) is 2.31. The lowest BCUT2D eigenvalue weighted by molar-refractivity contribution is -0.146. The molecular weight excluding hydrogens is 236 g/mol. The minimum atomic E-state index is -1.59. The van der Waals surface area contributed by atoms with Crippen LogP contribution in [0.4, 0.5) is 4.79 Å². The summed E-state index contributed by atoms with van der Waals surface area (Å²) in [5.41, 5.74) is 2.07. The first kappa shape index (κ1) is 14.0. The molecule has 0 heterocycles. The van der Waals surface area contributed by atoms with Crippen LogP contribution in [0.3, 0.4) is 0 Å². The number of carboxylic acid groups (broad SMARTS) is 1. The molecule has 0 spiro atoms. The molecule has 18 heavy (non-hydrogen) atoms. The topological polar surface area (TPSA) is 98.7 Å². The van der Waals surface area contributed by atoms with Crippen molar-refractivity contribution in [1.29, 1.82) is 0 Å². The summed E-state index contributed by atoms with van der Waals surface area (Å²) >= 11 is 0. The van der Waals surface area contributed by atoms with E-state index < -0.39 is 18.1 Å². The van der Waals surface area contributed by atoms with Gasteiger partial charge >= 0.3 is 12.0 Å². The van der Waals surface area contributed by atoms with E-state index in [1.807, 2.05) is 31.2 Å². The maximum atomic E-state index is 11.3. The number of benzene rings is 1. The van der Waals surface area contributed by atoms with Gasteiger partial charge in [-0.25, -0.2) is 9.59 Å². The molecule has 1 aromatic rings. The van der Waals surface area contributed by atoms with Crippen molar-refractivity contribution in [3.8, 4) is 0 Å². The Labute approximate surface area is 105 Å². The van der Waals surface area contributed by atoms with Gasteiger partial charge in [-0.1, -0.05) is 29.8 Å². The van der Waals surface area contributed by atoms with Crippen molar-refractivity contribution in [2.75, 3.05) is 6.54 Å². The number of urea groups is 1. The highest BCUT2D eigenvalue weighted by molar-refractivity contribution is 5.76. The Morgan fingerprint density at radius 3 is 2.39 bits per heavy atom. The number of carbonyl (C=O) groups is 2. The number of hydrogen-bond acceptors (Lipinski definition) is 3. The second-order valence-corrected chi connectivity index (χ2v) is 3.90. The van der Waals surface area contributed by atoms with Crippen LogP contribution >= 0.6 is 0 Å². The quantitative estimate of drug-likeness (QED) is 0.603. The molecule has 0 saturated heterocycles. The fraction of sp³-hybridized carbons (Fsp3) is 0.333. The van der Waals surface area contributed by atoms with Crippen molar-refractivity contribution >= 4 is 12.0 Å². The molecule has 2 amide bonds. The molecule has 98 valence electrons. The van der Waals surface area contributed by atoms with Crippen molar-refractivity contribution in [3.63, 3.8) is 0 Å². The zero-order valence-corrected chi connectivity index (χ0v) is 10.0. The van der Waals surface area contributed by atoms with Gasteiger partial charge in [-0.15, -0.1) is 0 Å². The minimum Gasteiger partial charge on any atom is -0.479 e. The van der Waals surface area contributed by atoms with E-state index in [9.17, 15) is 9.59 Å². The van der Waals surface area contributed by atoms with Crippen molar-refractivity contribution in [1.82, 2.24) is 10.6 Å². The van der Waals surface area contributed by atoms with Gasteiger partial charge in [0.25, 0.3) is 0 Å². The number of aliphatic hydroxyl groups excluding tert-OH is 1. The predicted octanol–water partition coefficient (Wildman–Crippen LogP) is 0.240. The van der Waals surface area contributed by atoms with Gasteiger partial charge in [-0.05, 0) is 12.5 Å². The number of carbonyl (C=O) groups excluding carboxylic acids is 1. The molecule has 1 aromatic carbocycles. The predicted molar refractivity (Wildman–Crippen MR) is 65.1 cm³/mol. The first-order valence-electron chi connectivity index (χ1n) is 5.47. The molecule has 6 nitrogen and oxygen atoms in total. The average molecular weight is 252 g/mol. The summed E-state index contributed by atoms with van der Waals surface area (Å²) in [6, 6.07) is 7.13. The monoisotopic (exact) mass is 252 g/mol. The summed E-state index contributed by atoms with van der Waals surface area (Å²) in [5, 5.41) is 22.2. The lowest BCUT2D eigenvalue weighted by Gasteiger charge is -2.09. The van der Waals surface area contributed by atoms with E-state index in [2.05, 4.69) is 10.6 Å². The average Bonchev–Trinajstić information content (AvgIpc) is 2.35. The molecule has 0 unspecified atom stereocenters. The second-order valence-electron chi connectivity index (χ2n) is 3.90. The first-order chi connectivity index (χ1) is 8.49. The number of nitrogens with one attached hydrogen (secondary N) is 2. The molecule has 0 saturated carbocycles. The lowest BCUT2D eigenvalue weighted by Crippen LogP contribution is -2.41. The number of aliphatic hydroxyl groups is 1. The zero-order chi connectivity index (χ0) is 13.5. The summed E-state index contributed by atoms with van der Waals surface area (Å²) in [4.78, 5) is 21.6. The highest BCUT2D eigenvalue weighted by Gasteiger charge is 2.13. The van der Waals surface area contributed by atoms with Crippen LogP contribution in [0.15, 0.2) is 24.3 Å². The molecule has 0 radical (unpaired) electrons. The molecule has 0 bridgehead atoms. The van der Waals surface area contributed by atoms with Crippen LogP contribution in [0.1, 0.15) is 11.1 Å². The molecule has 0 aliphatic carbocycles. The van der Waals surface area contributed by atoms with Gasteiger partial charge in [-0.2, -0.15) is 0 Å². The fourth-order valence-electron chi connectivity index (χ4n) is 1.23. The van der Waals surface area contributed by atoms with E-state index in [0.29, 0.717) is 6.54 Å². The number of aliphatic carboxylic acids is 1. The Bertz CT molecular complexity index is 417. The standard InChI is InChI=1S/C12H16N2O4/c1-8-2-4-9(5-3-8)6-13-12(18)14-7-10(15)11(16)17/h2-5,10,15H,6-7H2,1H3,(H,16,17)(H2,13,14,18)/t10-/m0/s1. The van der Waals surface area contributed by atoms with E-state index >= 15 is 0 Å². The van der Waals surface area contributed by atoms with Crippen LogP contribution in [-0.2, 0) is 11.3 Å². The Morgan fingerprint density at radius 1 is 1.22 bits per heavy atom. The molecule has 4 N–H and O–H groups in total. The molecule has 0 aromatic heterocycles.